The Morgan fingerprint density at radius 2 is 2.07 bits per heavy atom. The molecule has 4 heteroatoms. The van der Waals surface area contributed by atoms with Gasteiger partial charge in [0.2, 0.25) is 0 Å². The maximum absolute atomic E-state index is 11.6. The normalized spacial score (nSPS) is 25.5. The number of nitrogens with two attached hydrogens (primary N) is 1. The topological polar surface area (TPSA) is 61.5 Å². The van der Waals surface area contributed by atoms with Gasteiger partial charge in [-0.25, -0.2) is 4.79 Å². The van der Waals surface area contributed by atoms with Crippen molar-refractivity contribution in [1.82, 2.24) is 0 Å². The molecular formula is C11H19NO3. The fourth-order valence-electron chi connectivity index (χ4n) is 1.93. The number of hydrogen-bond acceptors (Lipinski definition) is 4. The largest absolute Gasteiger partial charge is 0.468 e. The highest BCUT2D eigenvalue weighted by Crippen LogP contribution is 2.39. The minimum atomic E-state index is -0.898. The average Bonchev–Trinajstić information content (AvgIpc) is 2.97. The number of rotatable bonds is 5. The quantitative estimate of drug-likeness (QED) is 0.687. The van der Waals surface area contributed by atoms with Crippen LogP contribution in [0.1, 0.15) is 32.1 Å². The molecule has 0 heterocycles. The summed E-state index contributed by atoms with van der Waals surface area (Å²) in [5.41, 5.74) is 5.19. The molecule has 0 amide bonds. The third-order valence-corrected chi connectivity index (χ3v) is 3.48. The van der Waals surface area contributed by atoms with Gasteiger partial charge in [-0.1, -0.05) is 0 Å². The number of hydrogen-bond donors (Lipinski definition) is 1. The Balaban J connectivity index is 1.89. The Kier molecular flexibility index (Phi) is 2.98. The average molecular weight is 213 g/mol. The van der Waals surface area contributed by atoms with Crippen molar-refractivity contribution >= 4 is 5.97 Å². The minimum Gasteiger partial charge on any atom is -0.468 e. The Hall–Kier alpha value is -0.610. The van der Waals surface area contributed by atoms with E-state index in [-0.39, 0.29) is 11.9 Å². The molecule has 2 aliphatic rings. The zero-order valence-corrected chi connectivity index (χ0v) is 9.20. The van der Waals surface area contributed by atoms with Gasteiger partial charge in [0.15, 0.2) is 0 Å². The highest BCUT2D eigenvalue weighted by molar-refractivity contribution is 5.81. The van der Waals surface area contributed by atoms with E-state index in [1.165, 1.54) is 13.5 Å². The lowest BCUT2D eigenvalue weighted by Gasteiger charge is -2.32. The van der Waals surface area contributed by atoms with Gasteiger partial charge >= 0.3 is 5.97 Å². The second-order valence-corrected chi connectivity index (χ2v) is 4.67. The van der Waals surface area contributed by atoms with Crippen LogP contribution in [0.5, 0.6) is 0 Å². The molecule has 1 atom stereocenters. The molecule has 0 spiro atoms. The smallest absolute Gasteiger partial charge is 0.328 e. The number of carbonyl (C=O) groups is 1. The first kappa shape index (κ1) is 10.9. The van der Waals surface area contributed by atoms with Gasteiger partial charge in [0.1, 0.15) is 5.54 Å². The number of methoxy groups -OCH3 is 1. The van der Waals surface area contributed by atoms with Crippen LogP contribution < -0.4 is 5.73 Å². The summed E-state index contributed by atoms with van der Waals surface area (Å²) in [7, 11) is 1.38. The summed E-state index contributed by atoms with van der Waals surface area (Å²) in [6, 6.07) is 0. The van der Waals surface area contributed by atoms with Crippen molar-refractivity contribution in [3.05, 3.63) is 0 Å². The highest BCUT2D eigenvalue weighted by Gasteiger charge is 2.49. The third kappa shape index (κ3) is 2.16. The first-order valence-electron chi connectivity index (χ1n) is 5.65. The Labute approximate surface area is 90.1 Å². The van der Waals surface area contributed by atoms with Crippen LogP contribution in [0.2, 0.25) is 0 Å². The summed E-state index contributed by atoms with van der Waals surface area (Å²) in [4.78, 5) is 11.6. The Morgan fingerprint density at radius 1 is 1.40 bits per heavy atom. The van der Waals surface area contributed by atoms with Gasteiger partial charge in [0.05, 0.1) is 19.8 Å². The van der Waals surface area contributed by atoms with Crippen LogP contribution in [0.3, 0.4) is 0 Å². The van der Waals surface area contributed by atoms with Crippen molar-refractivity contribution in [2.75, 3.05) is 13.7 Å². The van der Waals surface area contributed by atoms with Crippen LogP contribution >= 0.6 is 0 Å². The van der Waals surface area contributed by atoms with Crippen molar-refractivity contribution in [1.29, 1.82) is 0 Å². The van der Waals surface area contributed by atoms with E-state index < -0.39 is 5.54 Å². The summed E-state index contributed by atoms with van der Waals surface area (Å²) < 4.78 is 10.4. The van der Waals surface area contributed by atoms with Crippen molar-refractivity contribution < 1.29 is 14.3 Å². The molecule has 0 aromatic heterocycles. The zero-order valence-electron chi connectivity index (χ0n) is 9.20. The molecule has 0 aromatic rings. The molecule has 4 nitrogen and oxygen atoms in total. The fourth-order valence-corrected chi connectivity index (χ4v) is 1.93. The predicted molar refractivity (Wildman–Crippen MR) is 55.2 cm³/mol. The number of carbonyl (C=O) groups excluding carboxylic acids is 1. The van der Waals surface area contributed by atoms with Crippen LogP contribution in [-0.4, -0.2) is 31.3 Å². The summed E-state index contributed by atoms with van der Waals surface area (Å²) in [6.45, 7) is 0.314. The molecule has 2 aliphatic carbocycles. The second kappa shape index (κ2) is 4.10. The van der Waals surface area contributed by atoms with E-state index in [4.69, 9.17) is 15.2 Å². The third-order valence-electron chi connectivity index (χ3n) is 3.48. The molecule has 2 rings (SSSR count). The van der Waals surface area contributed by atoms with E-state index in [2.05, 4.69) is 0 Å². The van der Waals surface area contributed by atoms with Crippen LogP contribution in [0.4, 0.5) is 0 Å². The van der Waals surface area contributed by atoms with Crippen LogP contribution in [0.15, 0.2) is 0 Å². The summed E-state index contributed by atoms with van der Waals surface area (Å²) in [5.74, 6) is -0.0747. The van der Waals surface area contributed by atoms with Crippen LogP contribution in [0, 0.1) is 5.92 Å². The maximum atomic E-state index is 11.6. The molecule has 1 unspecified atom stereocenters. The molecule has 2 fully saturated rings. The molecule has 2 saturated carbocycles. The fraction of sp³-hybridized carbons (Fsp3) is 0.909. The van der Waals surface area contributed by atoms with Crippen LogP contribution in [-0.2, 0) is 14.3 Å². The minimum absolute atomic E-state index is 0.255. The van der Waals surface area contributed by atoms with Crippen molar-refractivity contribution in [3.63, 3.8) is 0 Å². The lowest BCUT2D eigenvalue weighted by Crippen LogP contribution is -2.55. The molecule has 0 radical (unpaired) electrons. The molecule has 0 aromatic carbocycles. The summed E-state index contributed by atoms with van der Waals surface area (Å²) in [5, 5.41) is 0. The van der Waals surface area contributed by atoms with E-state index in [0.29, 0.717) is 12.7 Å². The lowest BCUT2D eigenvalue weighted by atomic mass is 9.93. The zero-order chi connectivity index (χ0) is 10.9. The summed E-state index contributed by atoms with van der Waals surface area (Å²) >= 11 is 0. The SMILES string of the molecule is COC(=O)C(N)(COC1CCC1)C1CC1. The monoisotopic (exact) mass is 213 g/mol. The van der Waals surface area contributed by atoms with Gasteiger partial charge in [-0.3, -0.25) is 0 Å². The van der Waals surface area contributed by atoms with Gasteiger partial charge in [-0.2, -0.15) is 0 Å². The van der Waals surface area contributed by atoms with Crippen molar-refractivity contribution in [2.45, 2.75) is 43.7 Å². The molecule has 0 saturated heterocycles. The van der Waals surface area contributed by atoms with Crippen molar-refractivity contribution in [2.24, 2.45) is 11.7 Å². The maximum Gasteiger partial charge on any atom is 0.328 e. The van der Waals surface area contributed by atoms with Crippen molar-refractivity contribution in [3.8, 4) is 0 Å². The van der Waals surface area contributed by atoms with E-state index in [1.54, 1.807) is 0 Å². The predicted octanol–water partition coefficient (Wildman–Crippen LogP) is 0.836. The number of ether oxygens (including phenoxy) is 2. The lowest BCUT2D eigenvalue weighted by molar-refractivity contribution is -0.152. The molecule has 0 aliphatic heterocycles. The second-order valence-electron chi connectivity index (χ2n) is 4.67. The van der Waals surface area contributed by atoms with Crippen LogP contribution in [0.25, 0.3) is 0 Å². The summed E-state index contributed by atoms with van der Waals surface area (Å²) in [6.07, 6.45) is 5.77. The van der Waals surface area contributed by atoms with Gasteiger partial charge < -0.3 is 15.2 Å². The van der Waals surface area contributed by atoms with Gasteiger partial charge in [-0.15, -0.1) is 0 Å². The van der Waals surface area contributed by atoms with E-state index >= 15 is 0 Å². The first-order chi connectivity index (χ1) is 7.16. The van der Waals surface area contributed by atoms with E-state index in [0.717, 1.165) is 25.7 Å². The first-order valence-corrected chi connectivity index (χ1v) is 5.65. The highest BCUT2D eigenvalue weighted by atomic mass is 16.5. The van der Waals surface area contributed by atoms with E-state index in [1.807, 2.05) is 0 Å². The molecule has 15 heavy (non-hydrogen) atoms. The molecule has 0 bridgehead atoms. The van der Waals surface area contributed by atoms with Gasteiger partial charge in [0, 0.05) is 0 Å². The number of esters is 1. The Morgan fingerprint density at radius 3 is 2.47 bits per heavy atom. The Bertz CT molecular complexity index is 248. The molecule has 86 valence electrons. The molecular weight excluding hydrogens is 194 g/mol. The molecule has 2 N–H and O–H groups in total. The standard InChI is InChI=1S/C11H19NO3/c1-14-10(13)11(12,8-5-6-8)7-15-9-3-2-4-9/h8-9H,2-7,12H2,1H3. The van der Waals surface area contributed by atoms with Gasteiger partial charge in [0.25, 0.3) is 0 Å². The van der Waals surface area contributed by atoms with E-state index in [9.17, 15) is 4.79 Å². The van der Waals surface area contributed by atoms with Gasteiger partial charge in [-0.05, 0) is 38.0 Å².